The van der Waals surface area contributed by atoms with Crippen molar-refractivity contribution >= 4 is 28.5 Å². The number of piperazine rings is 1. The molecule has 1 atom stereocenters. The van der Waals surface area contributed by atoms with Crippen molar-refractivity contribution in [2.75, 3.05) is 62.6 Å². The Bertz CT molecular complexity index is 1230. The van der Waals surface area contributed by atoms with Gasteiger partial charge in [-0.05, 0) is 24.6 Å². The van der Waals surface area contributed by atoms with Crippen LogP contribution in [0.5, 0.6) is 0 Å². The molecule has 12 heteroatoms. The highest BCUT2D eigenvalue weighted by atomic mass is 19.3. The number of piperidine rings is 1. The van der Waals surface area contributed by atoms with Gasteiger partial charge in [0.05, 0.1) is 18.4 Å². The van der Waals surface area contributed by atoms with Crippen LogP contribution in [0.1, 0.15) is 37.1 Å². The van der Waals surface area contributed by atoms with Crippen LogP contribution >= 0.6 is 0 Å². The third-order valence-electron chi connectivity index (χ3n) is 7.14. The Labute approximate surface area is 220 Å². The molecule has 5 heterocycles. The predicted molar refractivity (Wildman–Crippen MR) is 141 cm³/mol. The maximum Gasteiger partial charge on any atom is 0.251 e. The molecule has 0 bridgehead atoms. The summed E-state index contributed by atoms with van der Waals surface area (Å²) in [5.74, 6) is -1.29. The fourth-order valence-corrected chi connectivity index (χ4v) is 4.86. The van der Waals surface area contributed by atoms with E-state index >= 15 is 0 Å². The van der Waals surface area contributed by atoms with Gasteiger partial charge in [-0.1, -0.05) is 6.07 Å². The molecule has 1 unspecified atom stereocenters. The molecular formula is C26H34F2N8O2. The molecule has 0 radical (unpaired) electrons. The number of anilines is 3. The third-order valence-corrected chi connectivity index (χ3v) is 7.14. The number of alkyl halides is 2. The Morgan fingerprint density at radius 2 is 1.74 bits per heavy atom. The van der Waals surface area contributed by atoms with Crippen molar-refractivity contribution in [3.8, 4) is 0 Å². The number of nitrogens with zero attached hydrogens (tertiary/aromatic N) is 7. The lowest BCUT2D eigenvalue weighted by molar-refractivity contribution is -0.0221. The van der Waals surface area contributed by atoms with Gasteiger partial charge >= 0.3 is 0 Å². The number of nitrogens with one attached hydrogen (secondary N) is 1. The molecule has 2 aliphatic rings. The predicted octanol–water partition coefficient (Wildman–Crippen LogP) is 2.56. The highest BCUT2D eigenvalue weighted by molar-refractivity contribution is 5.89. The van der Waals surface area contributed by atoms with Crippen LogP contribution in [-0.2, 0) is 6.54 Å². The second kappa shape index (κ2) is 11.4. The van der Waals surface area contributed by atoms with E-state index in [2.05, 4.69) is 35.1 Å². The second-order valence-electron chi connectivity index (χ2n) is 10.0. The topological polar surface area (TPSA) is 114 Å². The number of rotatable bonds is 8. The van der Waals surface area contributed by atoms with Gasteiger partial charge in [0, 0.05) is 83.0 Å². The molecule has 3 aromatic rings. The van der Waals surface area contributed by atoms with Gasteiger partial charge < -0.3 is 20.4 Å². The summed E-state index contributed by atoms with van der Waals surface area (Å²) in [5.41, 5.74) is 2.08. The fourth-order valence-electron chi connectivity index (χ4n) is 4.86. The summed E-state index contributed by atoms with van der Waals surface area (Å²) in [7, 11) is 0. The van der Waals surface area contributed by atoms with Crippen LogP contribution in [-0.4, -0.2) is 98.3 Å². The maximum absolute atomic E-state index is 13.8. The van der Waals surface area contributed by atoms with Gasteiger partial charge in [0.1, 0.15) is 11.3 Å². The van der Waals surface area contributed by atoms with Gasteiger partial charge in [0.2, 0.25) is 5.95 Å². The van der Waals surface area contributed by atoms with Crippen LogP contribution in [0.3, 0.4) is 0 Å². The van der Waals surface area contributed by atoms with Crippen LogP contribution in [0.25, 0.3) is 10.9 Å². The van der Waals surface area contributed by atoms with Crippen LogP contribution in [0.15, 0.2) is 30.6 Å². The van der Waals surface area contributed by atoms with Crippen LogP contribution in [0.2, 0.25) is 0 Å². The van der Waals surface area contributed by atoms with Crippen molar-refractivity contribution < 1.29 is 19.0 Å². The number of halogens is 2. The van der Waals surface area contributed by atoms with Gasteiger partial charge in [-0.3, -0.25) is 9.80 Å². The van der Waals surface area contributed by atoms with Crippen molar-refractivity contribution in [3.05, 3.63) is 41.9 Å². The SMILES string of the molecule is CC(O)c1cc2cnc(Nc3ccc(CN4CCN(CCO)CC4)cn3)nc2c(N2CCC(F)(F)CC2)n1. The number of fused-ring (bicyclic) bond motifs is 1. The maximum atomic E-state index is 13.8. The Hall–Kier alpha value is -3.06. The van der Waals surface area contributed by atoms with Gasteiger partial charge in [-0.15, -0.1) is 0 Å². The first-order chi connectivity index (χ1) is 18.3. The van der Waals surface area contributed by atoms with Gasteiger partial charge in [0.25, 0.3) is 5.92 Å². The monoisotopic (exact) mass is 528 g/mol. The summed E-state index contributed by atoms with van der Waals surface area (Å²) >= 11 is 0. The number of hydrogen-bond acceptors (Lipinski definition) is 10. The van der Waals surface area contributed by atoms with Crippen LogP contribution in [0, 0.1) is 0 Å². The zero-order valence-electron chi connectivity index (χ0n) is 21.5. The van der Waals surface area contributed by atoms with Crippen LogP contribution < -0.4 is 10.2 Å². The number of pyridine rings is 2. The lowest BCUT2D eigenvalue weighted by atomic mass is 10.1. The van der Waals surface area contributed by atoms with Gasteiger partial charge in [0.15, 0.2) is 5.82 Å². The molecule has 3 aromatic heterocycles. The van der Waals surface area contributed by atoms with E-state index in [1.165, 1.54) is 0 Å². The number of β-amino-alcohol motifs (C(OH)–C–C–N with tert-alkyl or cyclic N) is 1. The van der Waals surface area contributed by atoms with Crippen molar-refractivity contribution in [1.29, 1.82) is 0 Å². The van der Waals surface area contributed by atoms with Gasteiger partial charge in [-0.2, -0.15) is 0 Å². The number of aliphatic hydroxyl groups excluding tert-OH is 2. The molecule has 0 aromatic carbocycles. The molecule has 2 fully saturated rings. The first-order valence-electron chi connectivity index (χ1n) is 13.1. The molecule has 2 aliphatic heterocycles. The molecule has 0 amide bonds. The minimum Gasteiger partial charge on any atom is -0.395 e. The highest BCUT2D eigenvalue weighted by Crippen LogP contribution is 2.33. The zero-order chi connectivity index (χ0) is 26.7. The van der Waals surface area contributed by atoms with E-state index in [0.717, 1.165) is 44.8 Å². The minimum absolute atomic E-state index is 0.157. The van der Waals surface area contributed by atoms with Crippen LogP contribution in [0.4, 0.5) is 26.4 Å². The van der Waals surface area contributed by atoms with E-state index in [1.54, 1.807) is 24.1 Å². The quantitative estimate of drug-likeness (QED) is 0.403. The van der Waals surface area contributed by atoms with E-state index < -0.39 is 12.0 Å². The molecule has 3 N–H and O–H groups in total. The number of aromatic nitrogens is 4. The molecule has 0 aliphatic carbocycles. The van der Waals surface area contributed by atoms with E-state index in [1.807, 2.05) is 18.3 Å². The Kier molecular flexibility index (Phi) is 7.93. The summed E-state index contributed by atoms with van der Waals surface area (Å²) < 4.78 is 27.6. The molecule has 38 heavy (non-hydrogen) atoms. The lowest BCUT2D eigenvalue weighted by Gasteiger charge is -2.34. The first-order valence-corrected chi connectivity index (χ1v) is 13.1. The summed E-state index contributed by atoms with van der Waals surface area (Å²) in [6, 6.07) is 5.63. The molecule has 5 rings (SSSR count). The smallest absolute Gasteiger partial charge is 0.251 e. The first kappa shape index (κ1) is 26.5. The minimum atomic E-state index is -2.68. The highest BCUT2D eigenvalue weighted by Gasteiger charge is 2.35. The van der Waals surface area contributed by atoms with Crippen molar-refractivity contribution in [2.24, 2.45) is 0 Å². The number of aliphatic hydroxyl groups is 2. The molecular weight excluding hydrogens is 494 g/mol. The molecule has 0 saturated carbocycles. The molecule has 2 saturated heterocycles. The van der Waals surface area contributed by atoms with E-state index in [4.69, 9.17) is 5.11 Å². The third kappa shape index (κ3) is 6.32. The average Bonchev–Trinajstić information content (AvgIpc) is 2.90. The lowest BCUT2D eigenvalue weighted by Crippen LogP contribution is -2.46. The fraction of sp³-hybridized carbons (Fsp3) is 0.538. The van der Waals surface area contributed by atoms with Crippen molar-refractivity contribution in [2.45, 2.75) is 38.3 Å². The molecule has 0 spiro atoms. The second-order valence-corrected chi connectivity index (χ2v) is 10.0. The Morgan fingerprint density at radius 3 is 2.39 bits per heavy atom. The molecule has 10 nitrogen and oxygen atoms in total. The number of hydrogen-bond donors (Lipinski definition) is 3. The van der Waals surface area contributed by atoms with E-state index in [0.29, 0.717) is 34.2 Å². The van der Waals surface area contributed by atoms with E-state index in [-0.39, 0.29) is 32.5 Å². The largest absolute Gasteiger partial charge is 0.395 e. The normalized spacial score (nSPS) is 19.6. The van der Waals surface area contributed by atoms with Crippen molar-refractivity contribution in [1.82, 2.24) is 29.7 Å². The average molecular weight is 529 g/mol. The summed E-state index contributed by atoms with van der Waals surface area (Å²) in [6.45, 7) is 7.45. The molecule has 204 valence electrons. The zero-order valence-corrected chi connectivity index (χ0v) is 21.5. The van der Waals surface area contributed by atoms with Gasteiger partial charge in [-0.25, -0.2) is 28.7 Å². The summed E-state index contributed by atoms with van der Waals surface area (Å²) in [6.07, 6.45) is 2.17. The summed E-state index contributed by atoms with van der Waals surface area (Å²) in [5, 5.41) is 23.0. The van der Waals surface area contributed by atoms with Crippen molar-refractivity contribution in [3.63, 3.8) is 0 Å². The Balaban J connectivity index is 1.30. The standard InChI is InChI=1S/C26H34F2N8O2/c1-18(38)21-14-20-16-30-25(33-23(20)24(31-21)36-6-4-26(27,28)5-7-36)32-22-3-2-19(15-29-22)17-35-10-8-34(9-11-35)12-13-37/h2-3,14-16,18,37-38H,4-13,17H2,1H3,(H,29,30,32,33). The Morgan fingerprint density at radius 1 is 1.00 bits per heavy atom. The van der Waals surface area contributed by atoms with E-state index in [9.17, 15) is 13.9 Å². The summed E-state index contributed by atoms with van der Waals surface area (Å²) in [4.78, 5) is 24.6.